The third-order valence-electron chi connectivity index (χ3n) is 5.46. The minimum absolute atomic E-state index is 0.436. The van der Waals surface area contributed by atoms with Crippen molar-refractivity contribution in [1.29, 1.82) is 0 Å². The van der Waals surface area contributed by atoms with E-state index in [1.54, 1.807) is 22.3 Å². The van der Waals surface area contributed by atoms with Gasteiger partial charge in [-0.3, -0.25) is 0 Å². The van der Waals surface area contributed by atoms with Gasteiger partial charge < -0.3 is 0 Å². The fourth-order valence-corrected chi connectivity index (χ4v) is 3.90. The lowest BCUT2D eigenvalue weighted by atomic mass is 9.76. The van der Waals surface area contributed by atoms with Crippen molar-refractivity contribution in [3.63, 3.8) is 0 Å². The highest BCUT2D eigenvalue weighted by atomic mass is 14.4. The van der Waals surface area contributed by atoms with Crippen molar-refractivity contribution in [2.75, 3.05) is 0 Å². The molecule has 0 heterocycles. The van der Waals surface area contributed by atoms with Crippen LogP contribution < -0.4 is 0 Å². The fraction of sp³-hybridized carbons (Fsp3) is 0.700. The van der Waals surface area contributed by atoms with Crippen molar-refractivity contribution in [3.05, 3.63) is 34.4 Å². The molecule has 2 aliphatic rings. The molecule has 0 aromatic carbocycles. The van der Waals surface area contributed by atoms with Crippen LogP contribution in [0.4, 0.5) is 0 Å². The topological polar surface area (TPSA) is 0 Å². The van der Waals surface area contributed by atoms with Crippen LogP contribution in [0.5, 0.6) is 0 Å². The SMILES string of the molecule is C/C1=C/C[C@@]2(C)CCC(C(C)C)=C2CC/C(C)=C\CC1. The molecular formula is C20H32. The smallest absolute Gasteiger partial charge is 0.00759 e. The van der Waals surface area contributed by atoms with Gasteiger partial charge in [-0.1, -0.05) is 55.2 Å². The molecule has 0 fully saturated rings. The van der Waals surface area contributed by atoms with Crippen LogP contribution in [-0.2, 0) is 0 Å². The summed E-state index contributed by atoms with van der Waals surface area (Å²) in [5, 5.41) is 0. The summed E-state index contributed by atoms with van der Waals surface area (Å²) in [5.41, 5.74) is 7.17. The lowest BCUT2D eigenvalue weighted by Crippen LogP contribution is -2.15. The van der Waals surface area contributed by atoms with Crippen molar-refractivity contribution in [2.24, 2.45) is 11.3 Å². The van der Waals surface area contributed by atoms with E-state index >= 15 is 0 Å². The third kappa shape index (κ3) is 3.45. The van der Waals surface area contributed by atoms with Gasteiger partial charge in [-0.25, -0.2) is 0 Å². The van der Waals surface area contributed by atoms with Crippen molar-refractivity contribution >= 4 is 0 Å². The summed E-state index contributed by atoms with van der Waals surface area (Å²) in [5.74, 6) is 0.728. The van der Waals surface area contributed by atoms with Crippen molar-refractivity contribution < 1.29 is 0 Å². The zero-order valence-electron chi connectivity index (χ0n) is 14.2. The maximum Gasteiger partial charge on any atom is -0.00759 e. The first kappa shape index (κ1) is 15.6. The molecule has 1 atom stereocenters. The second-order valence-electron chi connectivity index (χ2n) is 7.56. The molecule has 0 saturated carbocycles. The first-order valence-electron chi connectivity index (χ1n) is 8.46. The van der Waals surface area contributed by atoms with E-state index in [1.807, 2.05) is 0 Å². The van der Waals surface area contributed by atoms with Crippen LogP contribution in [0.15, 0.2) is 34.4 Å². The van der Waals surface area contributed by atoms with E-state index in [4.69, 9.17) is 0 Å². The van der Waals surface area contributed by atoms with E-state index in [0.717, 1.165) is 5.92 Å². The maximum absolute atomic E-state index is 2.53. The zero-order valence-corrected chi connectivity index (χ0v) is 14.2. The molecule has 2 rings (SSSR count). The molecule has 0 heteroatoms. The molecular weight excluding hydrogens is 240 g/mol. The second-order valence-corrected chi connectivity index (χ2v) is 7.56. The van der Waals surface area contributed by atoms with Crippen LogP contribution in [-0.4, -0.2) is 0 Å². The summed E-state index contributed by atoms with van der Waals surface area (Å²) >= 11 is 0. The van der Waals surface area contributed by atoms with E-state index in [1.165, 1.54) is 44.9 Å². The summed E-state index contributed by atoms with van der Waals surface area (Å²) in [6, 6.07) is 0. The molecule has 112 valence electrons. The molecule has 0 aromatic heterocycles. The van der Waals surface area contributed by atoms with E-state index in [2.05, 4.69) is 46.8 Å². The van der Waals surface area contributed by atoms with Gasteiger partial charge in [0.2, 0.25) is 0 Å². The predicted molar refractivity (Wildman–Crippen MR) is 89.8 cm³/mol. The monoisotopic (exact) mass is 272 g/mol. The number of allylic oxidation sites excluding steroid dienone is 6. The summed E-state index contributed by atoms with van der Waals surface area (Å²) in [4.78, 5) is 0. The predicted octanol–water partition coefficient (Wildman–Crippen LogP) is 6.60. The molecule has 0 nitrogen and oxygen atoms in total. The van der Waals surface area contributed by atoms with Crippen molar-refractivity contribution in [3.8, 4) is 0 Å². The lowest BCUT2D eigenvalue weighted by molar-refractivity contribution is 0.386. The number of rotatable bonds is 1. The van der Waals surface area contributed by atoms with Crippen molar-refractivity contribution in [1.82, 2.24) is 0 Å². The van der Waals surface area contributed by atoms with E-state index < -0.39 is 0 Å². The van der Waals surface area contributed by atoms with Crippen LogP contribution in [0.3, 0.4) is 0 Å². The van der Waals surface area contributed by atoms with Crippen LogP contribution in [0.25, 0.3) is 0 Å². The average molecular weight is 272 g/mol. The highest BCUT2D eigenvalue weighted by molar-refractivity contribution is 5.31. The van der Waals surface area contributed by atoms with Crippen LogP contribution in [0.1, 0.15) is 79.6 Å². The molecule has 0 saturated heterocycles. The van der Waals surface area contributed by atoms with Crippen LogP contribution in [0.2, 0.25) is 0 Å². The average Bonchev–Trinajstić information content (AvgIpc) is 2.70. The summed E-state index contributed by atoms with van der Waals surface area (Å²) in [6.45, 7) is 11.9. The maximum atomic E-state index is 2.53. The summed E-state index contributed by atoms with van der Waals surface area (Å²) < 4.78 is 0. The van der Waals surface area contributed by atoms with Crippen molar-refractivity contribution in [2.45, 2.75) is 79.6 Å². The number of hydrogen-bond acceptors (Lipinski definition) is 0. The van der Waals surface area contributed by atoms with E-state index in [0.29, 0.717) is 5.41 Å². The Bertz CT molecular complexity index is 445. The van der Waals surface area contributed by atoms with Gasteiger partial charge in [-0.15, -0.1) is 0 Å². The largest absolute Gasteiger partial charge is 0.0853 e. The minimum Gasteiger partial charge on any atom is -0.0853 e. The molecule has 20 heavy (non-hydrogen) atoms. The standard InChI is InChI=1S/C20H32/c1-15(2)18-12-14-20(5)13-11-17(4)8-6-7-16(3)9-10-19(18)20/h7,11,15H,6,8-10,12-14H2,1-5H3/b16-7-,17-11-/t20-/m0/s1. The van der Waals surface area contributed by atoms with Crippen LogP contribution >= 0.6 is 0 Å². The quantitative estimate of drug-likeness (QED) is 0.472. The third-order valence-corrected chi connectivity index (χ3v) is 5.46. The molecule has 0 spiro atoms. The van der Waals surface area contributed by atoms with Gasteiger partial charge in [-0.2, -0.15) is 0 Å². The Labute approximate surface area is 126 Å². The lowest BCUT2D eigenvalue weighted by Gasteiger charge is -2.28. The van der Waals surface area contributed by atoms with Gasteiger partial charge in [0.25, 0.3) is 0 Å². The first-order valence-corrected chi connectivity index (χ1v) is 8.46. The highest BCUT2D eigenvalue weighted by Gasteiger charge is 2.35. The van der Waals surface area contributed by atoms with Gasteiger partial charge in [0.05, 0.1) is 0 Å². The Morgan fingerprint density at radius 1 is 0.950 bits per heavy atom. The molecule has 0 unspecified atom stereocenters. The zero-order chi connectivity index (χ0) is 14.8. The molecule has 0 aromatic rings. The van der Waals surface area contributed by atoms with E-state index in [9.17, 15) is 0 Å². The number of fused-ring (bicyclic) bond motifs is 1. The van der Waals surface area contributed by atoms with Gasteiger partial charge in [0.1, 0.15) is 0 Å². The molecule has 0 aliphatic heterocycles. The molecule has 0 radical (unpaired) electrons. The van der Waals surface area contributed by atoms with Gasteiger partial charge in [0, 0.05) is 0 Å². The summed E-state index contributed by atoms with van der Waals surface area (Å²) in [6.07, 6.45) is 14.0. The van der Waals surface area contributed by atoms with Gasteiger partial charge >= 0.3 is 0 Å². The first-order chi connectivity index (χ1) is 9.42. The molecule has 2 aliphatic carbocycles. The van der Waals surface area contributed by atoms with Gasteiger partial charge in [0.15, 0.2) is 0 Å². The Morgan fingerprint density at radius 2 is 1.65 bits per heavy atom. The Balaban J connectivity index is 2.35. The molecule has 0 N–H and O–H groups in total. The minimum atomic E-state index is 0.436. The fourth-order valence-electron chi connectivity index (χ4n) is 3.90. The molecule has 0 bridgehead atoms. The normalized spacial score (nSPS) is 34.1. The van der Waals surface area contributed by atoms with Gasteiger partial charge in [-0.05, 0) is 70.1 Å². The Kier molecular flexibility index (Phi) is 4.94. The highest BCUT2D eigenvalue weighted by Crippen LogP contribution is 2.50. The Hall–Kier alpha value is -0.780. The van der Waals surface area contributed by atoms with Crippen LogP contribution in [0, 0.1) is 11.3 Å². The summed E-state index contributed by atoms with van der Waals surface area (Å²) in [7, 11) is 0. The Morgan fingerprint density at radius 3 is 2.35 bits per heavy atom. The molecule has 0 amide bonds. The number of hydrogen-bond donors (Lipinski definition) is 0. The van der Waals surface area contributed by atoms with E-state index in [-0.39, 0.29) is 0 Å². The second kappa shape index (κ2) is 6.33.